The molecular formula is C7H6BF3O4S. The minimum absolute atomic E-state index is 0.328. The Morgan fingerprint density at radius 3 is 2.19 bits per heavy atom. The van der Waals surface area contributed by atoms with Crippen LogP contribution in [-0.2, 0) is 9.84 Å². The van der Waals surface area contributed by atoms with Crippen molar-refractivity contribution in [3.63, 3.8) is 0 Å². The van der Waals surface area contributed by atoms with Gasteiger partial charge in [0, 0.05) is 0 Å². The quantitative estimate of drug-likeness (QED) is 0.708. The van der Waals surface area contributed by atoms with Gasteiger partial charge in [-0.05, 0) is 17.6 Å². The summed E-state index contributed by atoms with van der Waals surface area (Å²) < 4.78 is 58.3. The third-order valence-corrected chi connectivity index (χ3v) is 3.26. The van der Waals surface area contributed by atoms with Gasteiger partial charge in [-0.1, -0.05) is 12.1 Å². The summed E-state index contributed by atoms with van der Waals surface area (Å²) in [5.41, 5.74) is -5.74. The van der Waals surface area contributed by atoms with Crippen molar-refractivity contribution in [3.8, 4) is 0 Å². The number of alkyl halides is 3. The summed E-state index contributed by atoms with van der Waals surface area (Å²) in [5.74, 6) is 0. The van der Waals surface area contributed by atoms with Gasteiger partial charge in [0.15, 0.2) is 0 Å². The third kappa shape index (κ3) is 2.37. The highest BCUT2D eigenvalue weighted by molar-refractivity contribution is 7.92. The molecule has 0 fully saturated rings. The van der Waals surface area contributed by atoms with Crippen LogP contribution in [0.5, 0.6) is 0 Å². The first-order valence-electron chi connectivity index (χ1n) is 3.93. The molecule has 0 unspecified atom stereocenters. The second-order valence-corrected chi connectivity index (χ2v) is 4.84. The van der Waals surface area contributed by atoms with Crippen LogP contribution < -0.4 is 5.46 Å². The predicted octanol–water partition coefficient (Wildman–Crippen LogP) is -0.340. The van der Waals surface area contributed by atoms with Crippen LogP contribution in [0.25, 0.3) is 0 Å². The highest BCUT2D eigenvalue weighted by Crippen LogP contribution is 2.29. The van der Waals surface area contributed by atoms with E-state index in [2.05, 4.69) is 0 Å². The molecule has 1 rings (SSSR count). The number of hydrogen-bond donors (Lipinski definition) is 2. The molecule has 0 saturated carbocycles. The number of benzene rings is 1. The molecular weight excluding hydrogens is 248 g/mol. The van der Waals surface area contributed by atoms with Gasteiger partial charge in [0.25, 0.3) is 9.84 Å². The molecule has 9 heteroatoms. The smallest absolute Gasteiger partial charge is 0.423 e. The molecule has 0 heterocycles. The van der Waals surface area contributed by atoms with Gasteiger partial charge in [0.2, 0.25) is 0 Å². The van der Waals surface area contributed by atoms with Gasteiger partial charge >= 0.3 is 12.6 Å². The molecule has 4 nitrogen and oxygen atoms in total. The molecule has 0 spiro atoms. The summed E-state index contributed by atoms with van der Waals surface area (Å²) in [6.45, 7) is 0. The van der Waals surface area contributed by atoms with Crippen molar-refractivity contribution in [2.75, 3.05) is 0 Å². The van der Waals surface area contributed by atoms with E-state index in [1.165, 1.54) is 0 Å². The third-order valence-electron chi connectivity index (χ3n) is 1.77. The summed E-state index contributed by atoms with van der Waals surface area (Å²) >= 11 is 0. The summed E-state index contributed by atoms with van der Waals surface area (Å²) in [7, 11) is -7.48. The second-order valence-electron chi connectivity index (χ2n) is 2.90. The average molecular weight is 254 g/mol. The summed E-state index contributed by atoms with van der Waals surface area (Å²) in [6.07, 6.45) is 0. The number of hydrogen-bond acceptors (Lipinski definition) is 4. The Morgan fingerprint density at radius 1 is 1.19 bits per heavy atom. The maximum absolute atomic E-state index is 12.1. The van der Waals surface area contributed by atoms with Crippen LogP contribution in [0.2, 0.25) is 0 Å². The van der Waals surface area contributed by atoms with Gasteiger partial charge in [0.05, 0.1) is 4.90 Å². The molecule has 0 aliphatic heterocycles. The van der Waals surface area contributed by atoms with Crippen LogP contribution >= 0.6 is 0 Å². The number of sulfone groups is 1. The summed E-state index contributed by atoms with van der Waals surface area (Å²) in [5, 5.41) is 17.4. The highest BCUT2D eigenvalue weighted by atomic mass is 32.2. The van der Waals surface area contributed by atoms with Crippen LogP contribution in [0.1, 0.15) is 0 Å². The zero-order chi connectivity index (χ0) is 12.6. The van der Waals surface area contributed by atoms with Crippen molar-refractivity contribution in [2.24, 2.45) is 0 Å². The van der Waals surface area contributed by atoms with E-state index in [1.807, 2.05) is 0 Å². The lowest BCUT2D eigenvalue weighted by molar-refractivity contribution is -0.0436. The highest BCUT2D eigenvalue weighted by Gasteiger charge is 2.46. The molecule has 2 N–H and O–H groups in total. The minimum atomic E-state index is -5.45. The number of rotatable bonds is 2. The van der Waals surface area contributed by atoms with E-state index in [0.717, 1.165) is 18.2 Å². The lowest BCUT2D eigenvalue weighted by atomic mass is 9.80. The van der Waals surface area contributed by atoms with Crippen molar-refractivity contribution in [1.29, 1.82) is 0 Å². The maximum Gasteiger partial charge on any atom is 0.501 e. The molecule has 1 aromatic rings. The van der Waals surface area contributed by atoms with Gasteiger partial charge in [-0.25, -0.2) is 8.42 Å². The molecule has 0 atom stereocenters. The first kappa shape index (κ1) is 13.0. The fourth-order valence-electron chi connectivity index (χ4n) is 0.976. The van der Waals surface area contributed by atoms with E-state index >= 15 is 0 Å². The molecule has 0 aliphatic carbocycles. The first-order chi connectivity index (χ1) is 7.16. The van der Waals surface area contributed by atoms with Crippen molar-refractivity contribution < 1.29 is 31.6 Å². The van der Waals surface area contributed by atoms with Crippen LogP contribution in [-0.4, -0.2) is 31.1 Å². The maximum atomic E-state index is 12.1. The van der Waals surface area contributed by atoms with Crippen LogP contribution in [0, 0.1) is 0 Å². The van der Waals surface area contributed by atoms with Gasteiger partial charge in [0.1, 0.15) is 0 Å². The Hall–Kier alpha value is -1.06. The van der Waals surface area contributed by atoms with E-state index in [-0.39, 0.29) is 5.46 Å². The van der Waals surface area contributed by atoms with Crippen LogP contribution in [0.4, 0.5) is 13.2 Å². The Kier molecular flexibility index (Phi) is 3.31. The molecule has 0 radical (unpaired) electrons. The average Bonchev–Trinajstić information content (AvgIpc) is 2.16. The summed E-state index contributed by atoms with van der Waals surface area (Å²) in [6, 6.07) is 3.38. The Balaban J connectivity index is 3.31. The topological polar surface area (TPSA) is 74.6 Å². The SMILES string of the molecule is O=S(=O)(c1cccc(B(O)O)c1)C(F)(F)F. The van der Waals surface area contributed by atoms with Crippen molar-refractivity contribution in [1.82, 2.24) is 0 Å². The standard InChI is InChI=1S/C7H6BF3O4S/c9-7(10,11)16(14,15)6-3-1-2-5(4-6)8(12)13/h1-4,12-13H. The lowest BCUT2D eigenvalue weighted by Gasteiger charge is -2.09. The molecule has 1 aromatic carbocycles. The van der Waals surface area contributed by atoms with E-state index < -0.39 is 27.4 Å². The van der Waals surface area contributed by atoms with Gasteiger partial charge in [-0.3, -0.25) is 0 Å². The zero-order valence-electron chi connectivity index (χ0n) is 7.64. The van der Waals surface area contributed by atoms with E-state index in [4.69, 9.17) is 10.0 Å². The Labute approximate surface area is 89.4 Å². The van der Waals surface area contributed by atoms with Crippen molar-refractivity contribution >= 4 is 22.4 Å². The fourth-order valence-corrected chi connectivity index (χ4v) is 1.79. The molecule has 88 valence electrons. The molecule has 0 saturated heterocycles. The van der Waals surface area contributed by atoms with E-state index in [0.29, 0.717) is 6.07 Å². The van der Waals surface area contributed by atoms with E-state index in [9.17, 15) is 21.6 Å². The monoisotopic (exact) mass is 254 g/mol. The predicted molar refractivity (Wildman–Crippen MR) is 49.5 cm³/mol. The van der Waals surface area contributed by atoms with E-state index in [1.54, 1.807) is 0 Å². The fraction of sp³-hybridized carbons (Fsp3) is 0.143. The zero-order valence-corrected chi connectivity index (χ0v) is 8.46. The minimum Gasteiger partial charge on any atom is -0.423 e. The normalized spacial score (nSPS) is 12.6. The van der Waals surface area contributed by atoms with Crippen LogP contribution in [0.3, 0.4) is 0 Å². The molecule has 16 heavy (non-hydrogen) atoms. The van der Waals surface area contributed by atoms with Crippen molar-refractivity contribution in [3.05, 3.63) is 24.3 Å². The Bertz CT molecular complexity index is 483. The van der Waals surface area contributed by atoms with Crippen LogP contribution in [0.15, 0.2) is 29.2 Å². The lowest BCUT2D eigenvalue weighted by Crippen LogP contribution is -2.31. The molecule has 0 aliphatic rings. The van der Waals surface area contributed by atoms with Crippen molar-refractivity contribution in [2.45, 2.75) is 10.4 Å². The Morgan fingerprint density at radius 2 is 1.75 bits per heavy atom. The molecule has 0 bridgehead atoms. The summed E-state index contributed by atoms with van der Waals surface area (Å²) in [4.78, 5) is -1.02. The largest absolute Gasteiger partial charge is 0.501 e. The van der Waals surface area contributed by atoms with Gasteiger partial charge in [-0.2, -0.15) is 13.2 Å². The number of halogens is 3. The molecule has 0 amide bonds. The van der Waals surface area contributed by atoms with Gasteiger partial charge < -0.3 is 10.0 Å². The van der Waals surface area contributed by atoms with Gasteiger partial charge in [-0.15, -0.1) is 0 Å². The second kappa shape index (κ2) is 4.08. The first-order valence-corrected chi connectivity index (χ1v) is 5.42. The molecule has 0 aromatic heterocycles.